The summed E-state index contributed by atoms with van der Waals surface area (Å²) < 4.78 is 0. The lowest BCUT2D eigenvalue weighted by Crippen LogP contribution is -2.50. The van der Waals surface area contributed by atoms with Crippen LogP contribution in [0.3, 0.4) is 0 Å². The Balaban J connectivity index is 1.81. The Bertz CT molecular complexity index is 1060. The molecule has 0 aromatic heterocycles. The summed E-state index contributed by atoms with van der Waals surface area (Å²) in [6.45, 7) is 11.1. The van der Waals surface area contributed by atoms with Crippen LogP contribution in [-0.2, 0) is 9.59 Å². The van der Waals surface area contributed by atoms with Gasteiger partial charge in [0.25, 0.3) is 11.6 Å². The van der Waals surface area contributed by atoms with Crippen LogP contribution in [0.5, 0.6) is 0 Å². The van der Waals surface area contributed by atoms with E-state index in [0.717, 1.165) is 16.0 Å². The summed E-state index contributed by atoms with van der Waals surface area (Å²) in [5, 5.41) is 11.7. The van der Waals surface area contributed by atoms with Crippen LogP contribution in [0.2, 0.25) is 0 Å². The highest BCUT2D eigenvalue weighted by Gasteiger charge is 2.26. The van der Waals surface area contributed by atoms with Crippen LogP contribution in [0.1, 0.15) is 23.6 Å². The molecule has 7 nitrogen and oxygen atoms in total. The van der Waals surface area contributed by atoms with E-state index in [1.807, 2.05) is 32.0 Å². The average molecular weight is 440 g/mol. The van der Waals surface area contributed by atoms with Crippen LogP contribution in [0.15, 0.2) is 52.8 Å². The first-order chi connectivity index (χ1) is 14.7. The minimum absolute atomic E-state index is 0.0153. The molecule has 3 rings (SSSR count). The highest BCUT2D eigenvalue weighted by Crippen LogP contribution is 2.38. The van der Waals surface area contributed by atoms with Crippen LogP contribution >= 0.6 is 11.8 Å². The molecule has 162 valence electrons. The molecular formula is C23H25N3O4S. The second kappa shape index (κ2) is 9.34. The second-order valence-corrected chi connectivity index (χ2v) is 8.67. The summed E-state index contributed by atoms with van der Waals surface area (Å²) in [6, 6.07) is 10.8. The van der Waals surface area contributed by atoms with E-state index in [2.05, 4.69) is 6.58 Å². The third-order valence-corrected chi connectivity index (χ3v) is 6.56. The fourth-order valence-corrected chi connectivity index (χ4v) is 4.49. The monoisotopic (exact) mass is 439 g/mol. The maximum absolute atomic E-state index is 12.9. The molecule has 1 aliphatic rings. The standard InChI is InChI=1S/C23H25N3O4S/c1-15-5-6-16(2)22(13-15)31-21-8-7-19(14-20(21)26(29)30)17(3)23(28)25-11-9-24(10-12-25)18(4)27/h5-8,13-14H,3,9-12H2,1-2,4H3. The lowest BCUT2D eigenvalue weighted by atomic mass is 10.1. The van der Waals surface area contributed by atoms with Crippen molar-refractivity contribution in [3.8, 4) is 0 Å². The molecular weight excluding hydrogens is 414 g/mol. The molecule has 0 unspecified atom stereocenters. The smallest absolute Gasteiger partial charge is 0.283 e. The van der Waals surface area contributed by atoms with Crippen LogP contribution in [0.25, 0.3) is 5.57 Å². The molecule has 1 saturated heterocycles. The molecule has 0 aliphatic carbocycles. The Hall–Kier alpha value is -3.13. The molecule has 8 heteroatoms. The molecule has 0 N–H and O–H groups in total. The Labute approximate surface area is 185 Å². The van der Waals surface area contributed by atoms with E-state index >= 15 is 0 Å². The highest BCUT2D eigenvalue weighted by molar-refractivity contribution is 7.99. The normalized spacial score (nSPS) is 13.8. The highest BCUT2D eigenvalue weighted by atomic mass is 32.2. The van der Waals surface area contributed by atoms with Crippen molar-refractivity contribution in [2.24, 2.45) is 0 Å². The molecule has 0 saturated carbocycles. The Morgan fingerprint density at radius 2 is 1.65 bits per heavy atom. The van der Waals surface area contributed by atoms with Crippen molar-refractivity contribution in [3.63, 3.8) is 0 Å². The molecule has 0 atom stereocenters. The van der Waals surface area contributed by atoms with Gasteiger partial charge in [-0.15, -0.1) is 0 Å². The first-order valence-electron chi connectivity index (χ1n) is 9.95. The minimum Gasteiger partial charge on any atom is -0.339 e. The predicted molar refractivity (Wildman–Crippen MR) is 121 cm³/mol. The average Bonchev–Trinajstić information content (AvgIpc) is 2.75. The predicted octanol–water partition coefficient (Wildman–Crippen LogP) is 4.07. The van der Waals surface area contributed by atoms with E-state index in [9.17, 15) is 19.7 Å². The quantitative estimate of drug-likeness (QED) is 0.398. The number of hydrogen-bond donors (Lipinski definition) is 0. The number of nitrogens with zero attached hydrogens (tertiary/aromatic N) is 3. The van der Waals surface area contributed by atoms with Crippen LogP contribution in [-0.4, -0.2) is 52.7 Å². The van der Waals surface area contributed by atoms with Crippen molar-refractivity contribution >= 4 is 34.8 Å². The second-order valence-electron chi connectivity index (χ2n) is 7.59. The summed E-state index contributed by atoms with van der Waals surface area (Å²) in [5.74, 6) is -0.286. The van der Waals surface area contributed by atoms with Gasteiger partial charge in [-0.2, -0.15) is 0 Å². The maximum Gasteiger partial charge on any atom is 0.283 e. The maximum atomic E-state index is 12.9. The third-order valence-electron chi connectivity index (χ3n) is 5.34. The van der Waals surface area contributed by atoms with E-state index < -0.39 is 4.92 Å². The van der Waals surface area contributed by atoms with Crippen LogP contribution in [0.4, 0.5) is 5.69 Å². The molecule has 1 heterocycles. The number of rotatable bonds is 5. The molecule has 2 amide bonds. The van der Waals surface area contributed by atoms with E-state index in [-0.39, 0.29) is 23.1 Å². The number of aryl methyl sites for hydroxylation is 2. The molecule has 1 fully saturated rings. The van der Waals surface area contributed by atoms with E-state index in [1.165, 1.54) is 24.8 Å². The van der Waals surface area contributed by atoms with Crippen molar-refractivity contribution in [1.29, 1.82) is 0 Å². The van der Waals surface area contributed by atoms with Gasteiger partial charge in [-0.05, 0) is 42.7 Å². The Morgan fingerprint density at radius 1 is 1.00 bits per heavy atom. The molecule has 0 bridgehead atoms. The van der Waals surface area contributed by atoms with E-state index in [4.69, 9.17) is 0 Å². The summed E-state index contributed by atoms with van der Waals surface area (Å²) in [7, 11) is 0. The topological polar surface area (TPSA) is 83.8 Å². The molecule has 2 aromatic carbocycles. The van der Waals surface area contributed by atoms with Gasteiger partial charge in [-0.3, -0.25) is 19.7 Å². The van der Waals surface area contributed by atoms with Crippen molar-refractivity contribution in [1.82, 2.24) is 9.80 Å². The van der Waals surface area contributed by atoms with Gasteiger partial charge in [-0.1, -0.05) is 36.5 Å². The number of benzene rings is 2. The van der Waals surface area contributed by atoms with Crippen molar-refractivity contribution in [3.05, 3.63) is 69.8 Å². The number of hydrogen-bond acceptors (Lipinski definition) is 5. The van der Waals surface area contributed by atoms with E-state index in [0.29, 0.717) is 36.6 Å². The number of piperazine rings is 1. The first-order valence-corrected chi connectivity index (χ1v) is 10.8. The molecule has 1 aliphatic heterocycles. The molecule has 0 radical (unpaired) electrons. The Morgan fingerprint density at radius 3 is 2.26 bits per heavy atom. The summed E-state index contributed by atoms with van der Waals surface area (Å²) in [6.07, 6.45) is 0. The Kier molecular flexibility index (Phi) is 6.80. The third kappa shape index (κ3) is 5.14. The van der Waals surface area contributed by atoms with Crippen LogP contribution in [0, 0.1) is 24.0 Å². The van der Waals surface area contributed by atoms with Gasteiger partial charge >= 0.3 is 0 Å². The van der Waals surface area contributed by atoms with Crippen molar-refractivity contribution in [2.75, 3.05) is 26.2 Å². The zero-order valence-electron chi connectivity index (χ0n) is 17.9. The van der Waals surface area contributed by atoms with Gasteiger partial charge in [0.1, 0.15) is 0 Å². The molecule has 2 aromatic rings. The van der Waals surface area contributed by atoms with Crippen molar-refractivity contribution < 1.29 is 14.5 Å². The minimum atomic E-state index is -0.430. The molecule has 0 spiro atoms. The number of nitro benzene ring substituents is 1. The van der Waals surface area contributed by atoms with Gasteiger partial charge in [-0.25, -0.2) is 0 Å². The van der Waals surface area contributed by atoms with Crippen molar-refractivity contribution in [2.45, 2.75) is 30.6 Å². The van der Waals surface area contributed by atoms with Gasteiger partial charge in [0, 0.05) is 49.6 Å². The number of carbonyl (C=O) groups excluding carboxylic acids is 2. The largest absolute Gasteiger partial charge is 0.339 e. The number of carbonyl (C=O) groups is 2. The fraction of sp³-hybridized carbons (Fsp3) is 0.304. The number of nitro groups is 1. The van der Waals surface area contributed by atoms with Gasteiger partial charge in [0.05, 0.1) is 9.82 Å². The lowest BCUT2D eigenvalue weighted by molar-refractivity contribution is -0.387. The molecule has 31 heavy (non-hydrogen) atoms. The SMILES string of the molecule is C=C(C(=O)N1CCN(C(C)=O)CC1)c1ccc(Sc2cc(C)ccc2C)c([N+](=O)[O-])c1. The lowest BCUT2D eigenvalue weighted by Gasteiger charge is -2.34. The van der Waals surface area contributed by atoms with E-state index in [1.54, 1.807) is 21.9 Å². The van der Waals surface area contributed by atoms with Gasteiger partial charge in [0.2, 0.25) is 5.91 Å². The zero-order chi connectivity index (χ0) is 22.7. The van der Waals surface area contributed by atoms with Gasteiger partial charge in [0.15, 0.2) is 0 Å². The summed E-state index contributed by atoms with van der Waals surface area (Å²) >= 11 is 1.34. The summed E-state index contributed by atoms with van der Waals surface area (Å²) in [5.41, 5.74) is 2.70. The summed E-state index contributed by atoms with van der Waals surface area (Å²) in [4.78, 5) is 40.4. The zero-order valence-corrected chi connectivity index (χ0v) is 18.7. The fourth-order valence-electron chi connectivity index (χ4n) is 3.41. The van der Waals surface area contributed by atoms with Gasteiger partial charge < -0.3 is 9.80 Å². The number of amides is 2. The first kappa shape index (κ1) is 22.6. The van der Waals surface area contributed by atoms with Crippen LogP contribution < -0.4 is 0 Å².